The molecule has 3 aromatic rings. The molecule has 0 fully saturated rings. The average molecular weight is 287 g/mol. The zero-order valence-electron chi connectivity index (χ0n) is 11.1. The van der Waals surface area contributed by atoms with Crippen molar-refractivity contribution >= 4 is 22.4 Å². The van der Waals surface area contributed by atoms with Gasteiger partial charge in [0.1, 0.15) is 10.7 Å². The van der Waals surface area contributed by atoms with Crippen LogP contribution in [0.4, 0.5) is 0 Å². The minimum absolute atomic E-state index is 0.430. The number of thiazole rings is 1. The Kier molecular flexibility index (Phi) is 3.68. The van der Waals surface area contributed by atoms with Crippen LogP contribution < -0.4 is 0 Å². The van der Waals surface area contributed by atoms with E-state index in [0.29, 0.717) is 0 Å². The lowest BCUT2D eigenvalue weighted by Gasteiger charge is -2.09. The van der Waals surface area contributed by atoms with E-state index in [1.54, 1.807) is 38.0 Å². The maximum absolute atomic E-state index is 5.20. The molecule has 0 saturated heterocycles. The first kappa shape index (κ1) is 13.1. The van der Waals surface area contributed by atoms with Crippen LogP contribution in [-0.4, -0.2) is 29.2 Å². The number of nitrogens with zero attached hydrogens (tertiary/aromatic N) is 3. The Hall–Kier alpha value is -1.89. The lowest BCUT2D eigenvalue weighted by molar-refractivity contribution is -0.108. The fraction of sp³-hybridized carbons (Fsp3) is 0.214. The molecular formula is C14H13N3O2S. The van der Waals surface area contributed by atoms with Gasteiger partial charge in [-0.1, -0.05) is 0 Å². The van der Waals surface area contributed by atoms with Gasteiger partial charge in [0.25, 0.3) is 0 Å². The van der Waals surface area contributed by atoms with Crippen molar-refractivity contribution in [2.24, 2.45) is 0 Å². The summed E-state index contributed by atoms with van der Waals surface area (Å²) in [5.41, 5.74) is 3.52. The molecule has 102 valence electrons. The van der Waals surface area contributed by atoms with Crippen molar-refractivity contribution in [1.29, 1.82) is 0 Å². The van der Waals surface area contributed by atoms with Crippen molar-refractivity contribution in [1.82, 2.24) is 15.0 Å². The van der Waals surface area contributed by atoms with E-state index in [-0.39, 0.29) is 0 Å². The SMILES string of the molecule is COC(OC)c1csc(-c2ccc3nccnc3c2)n1. The third kappa shape index (κ3) is 2.40. The zero-order valence-corrected chi connectivity index (χ0v) is 11.9. The first-order valence-corrected chi connectivity index (χ1v) is 6.92. The molecule has 2 aromatic heterocycles. The van der Waals surface area contributed by atoms with E-state index in [0.717, 1.165) is 27.3 Å². The molecule has 0 aliphatic carbocycles. The molecule has 0 radical (unpaired) electrons. The van der Waals surface area contributed by atoms with Crippen LogP contribution in [0.3, 0.4) is 0 Å². The summed E-state index contributed by atoms with van der Waals surface area (Å²) >= 11 is 1.55. The van der Waals surface area contributed by atoms with Crippen molar-refractivity contribution in [3.05, 3.63) is 41.7 Å². The molecule has 0 unspecified atom stereocenters. The van der Waals surface area contributed by atoms with Crippen LogP contribution in [0.25, 0.3) is 21.6 Å². The second-order valence-corrected chi connectivity index (χ2v) is 5.00. The molecule has 6 heteroatoms. The molecule has 0 aliphatic rings. The van der Waals surface area contributed by atoms with E-state index in [1.165, 1.54) is 0 Å². The molecule has 5 nitrogen and oxygen atoms in total. The van der Waals surface area contributed by atoms with Gasteiger partial charge in [0.2, 0.25) is 6.29 Å². The summed E-state index contributed by atoms with van der Waals surface area (Å²) in [6.45, 7) is 0. The van der Waals surface area contributed by atoms with Gasteiger partial charge in [0, 0.05) is 37.6 Å². The van der Waals surface area contributed by atoms with Gasteiger partial charge in [-0.2, -0.15) is 0 Å². The number of aromatic nitrogens is 3. The highest BCUT2D eigenvalue weighted by molar-refractivity contribution is 7.13. The van der Waals surface area contributed by atoms with Crippen LogP contribution in [0.2, 0.25) is 0 Å². The number of benzene rings is 1. The highest BCUT2D eigenvalue weighted by Crippen LogP contribution is 2.28. The number of ether oxygens (including phenoxy) is 2. The summed E-state index contributed by atoms with van der Waals surface area (Å²) in [4.78, 5) is 13.1. The molecule has 0 N–H and O–H groups in total. The van der Waals surface area contributed by atoms with E-state index >= 15 is 0 Å². The van der Waals surface area contributed by atoms with E-state index in [2.05, 4.69) is 15.0 Å². The summed E-state index contributed by atoms with van der Waals surface area (Å²) in [5, 5.41) is 2.85. The summed E-state index contributed by atoms with van der Waals surface area (Å²) in [5.74, 6) is 0. The summed E-state index contributed by atoms with van der Waals surface area (Å²) in [7, 11) is 3.19. The third-order valence-corrected chi connectivity index (χ3v) is 3.82. The lowest BCUT2D eigenvalue weighted by atomic mass is 10.2. The first-order chi connectivity index (χ1) is 9.81. The maximum Gasteiger partial charge on any atom is 0.201 e. The Balaban J connectivity index is 1.98. The molecule has 2 heterocycles. The Morgan fingerprint density at radius 2 is 1.80 bits per heavy atom. The first-order valence-electron chi connectivity index (χ1n) is 6.04. The fourth-order valence-corrected chi connectivity index (χ4v) is 2.78. The molecule has 0 aliphatic heterocycles. The lowest BCUT2D eigenvalue weighted by Crippen LogP contribution is -2.03. The topological polar surface area (TPSA) is 57.1 Å². The standard InChI is InChI=1S/C14H13N3O2S/c1-18-14(19-2)12-8-20-13(17-12)9-3-4-10-11(7-9)16-6-5-15-10/h3-8,14H,1-2H3. The Bertz CT molecular complexity index is 725. The van der Waals surface area contributed by atoms with Gasteiger partial charge in [0.05, 0.1) is 11.0 Å². The van der Waals surface area contributed by atoms with Crippen molar-refractivity contribution in [3.8, 4) is 10.6 Å². The molecule has 0 atom stereocenters. The van der Waals surface area contributed by atoms with Gasteiger partial charge in [0.15, 0.2) is 0 Å². The summed E-state index contributed by atoms with van der Waals surface area (Å²) < 4.78 is 10.4. The van der Waals surface area contributed by atoms with E-state index in [9.17, 15) is 0 Å². The average Bonchev–Trinajstić information content (AvgIpc) is 2.98. The quantitative estimate of drug-likeness (QED) is 0.690. The predicted octanol–water partition coefficient (Wildman–Crippen LogP) is 3.04. The number of fused-ring (bicyclic) bond motifs is 1. The van der Waals surface area contributed by atoms with Gasteiger partial charge in [-0.15, -0.1) is 11.3 Å². The molecular weight excluding hydrogens is 274 g/mol. The smallest absolute Gasteiger partial charge is 0.201 e. The monoisotopic (exact) mass is 287 g/mol. The Labute approximate surface area is 120 Å². The van der Waals surface area contributed by atoms with E-state index in [1.807, 2.05) is 23.6 Å². The van der Waals surface area contributed by atoms with Crippen molar-refractivity contribution < 1.29 is 9.47 Å². The fourth-order valence-electron chi connectivity index (χ4n) is 1.96. The van der Waals surface area contributed by atoms with Gasteiger partial charge in [-0.05, 0) is 18.2 Å². The molecule has 0 spiro atoms. The van der Waals surface area contributed by atoms with Crippen molar-refractivity contribution in [2.45, 2.75) is 6.29 Å². The predicted molar refractivity (Wildman–Crippen MR) is 77.4 cm³/mol. The molecule has 0 saturated carbocycles. The molecule has 0 bridgehead atoms. The van der Waals surface area contributed by atoms with Crippen molar-refractivity contribution in [3.63, 3.8) is 0 Å². The van der Waals surface area contributed by atoms with E-state index in [4.69, 9.17) is 9.47 Å². The largest absolute Gasteiger partial charge is 0.350 e. The second kappa shape index (κ2) is 5.62. The van der Waals surface area contributed by atoms with Crippen LogP contribution >= 0.6 is 11.3 Å². The Morgan fingerprint density at radius 3 is 2.55 bits per heavy atom. The van der Waals surface area contributed by atoms with Crippen LogP contribution in [0.15, 0.2) is 36.0 Å². The van der Waals surface area contributed by atoms with Crippen LogP contribution in [0.1, 0.15) is 12.0 Å². The summed E-state index contributed by atoms with van der Waals surface area (Å²) in [6.07, 6.45) is 2.94. The third-order valence-electron chi connectivity index (χ3n) is 2.91. The number of rotatable bonds is 4. The normalized spacial score (nSPS) is 11.3. The number of hydrogen-bond donors (Lipinski definition) is 0. The van der Waals surface area contributed by atoms with Gasteiger partial charge >= 0.3 is 0 Å². The van der Waals surface area contributed by atoms with Crippen LogP contribution in [0, 0.1) is 0 Å². The van der Waals surface area contributed by atoms with Gasteiger partial charge < -0.3 is 9.47 Å². The minimum Gasteiger partial charge on any atom is -0.350 e. The van der Waals surface area contributed by atoms with Gasteiger partial charge in [-0.3, -0.25) is 9.97 Å². The van der Waals surface area contributed by atoms with Crippen molar-refractivity contribution in [2.75, 3.05) is 14.2 Å². The molecule has 3 rings (SSSR count). The van der Waals surface area contributed by atoms with Crippen LogP contribution in [-0.2, 0) is 9.47 Å². The number of hydrogen-bond acceptors (Lipinski definition) is 6. The molecule has 0 amide bonds. The minimum atomic E-state index is -0.430. The maximum atomic E-state index is 5.20. The highest BCUT2D eigenvalue weighted by atomic mass is 32.1. The molecule has 20 heavy (non-hydrogen) atoms. The summed E-state index contributed by atoms with van der Waals surface area (Å²) in [6, 6.07) is 5.93. The molecule has 1 aromatic carbocycles. The van der Waals surface area contributed by atoms with Gasteiger partial charge in [-0.25, -0.2) is 4.98 Å². The zero-order chi connectivity index (χ0) is 13.9. The Morgan fingerprint density at radius 1 is 1.05 bits per heavy atom. The van der Waals surface area contributed by atoms with E-state index < -0.39 is 6.29 Å². The number of methoxy groups -OCH3 is 2. The highest BCUT2D eigenvalue weighted by Gasteiger charge is 2.14. The van der Waals surface area contributed by atoms with Crippen LogP contribution in [0.5, 0.6) is 0 Å². The second-order valence-electron chi connectivity index (χ2n) is 4.14.